The molecule has 1 fully saturated rings. The summed E-state index contributed by atoms with van der Waals surface area (Å²) in [6, 6.07) is 9.31. The molecule has 0 spiro atoms. The van der Waals surface area contributed by atoms with Crippen molar-refractivity contribution in [1.82, 2.24) is 20.1 Å². The zero-order chi connectivity index (χ0) is 23.8. The van der Waals surface area contributed by atoms with Crippen LogP contribution in [0.4, 0.5) is 5.69 Å². The fourth-order valence-electron chi connectivity index (χ4n) is 3.55. The van der Waals surface area contributed by atoms with E-state index in [4.69, 9.17) is 14.6 Å². The maximum absolute atomic E-state index is 10.6. The molecule has 3 N–H and O–H groups in total. The Kier molecular flexibility index (Phi) is 8.34. The highest BCUT2D eigenvalue weighted by atomic mass is 16.5. The molecule has 33 heavy (non-hydrogen) atoms. The van der Waals surface area contributed by atoms with Gasteiger partial charge in [0.15, 0.2) is 0 Å². The van der Waals surface area contributed by atoms with E-state index in [9.17, 15) is 9.59 Å². The smallest absolute Gasteiger partial charge is 0.317 e. The van der Waals surface area contributed by atoms with Crippen LogP contribution in [0.2, 0.25) is 0 Å². The minimum atomic E-state index is -0.762. The number of aromatic amines is 1. The molecule has 1 aliphatic heterocycles. The molecule has 3 aromatic rings. The van der Waals surface area contributed by atoms with Gasteiger partial charge in [0, 0.05) is 49.1 Å². The second-order valence-electron chi connectivity index (χ2n) is 7.92. The van der Waals surface area contributed by atoms with Gasteiger partial charge in [0.05, 0.1) is 24.3 Å². The number of carboxylic acids is 1. The Bertz CT molecular complexity index is 1070. The Morgan fingerprint density at radius 1 is 1.36 bits per heavy atom. The van der Waals surface area contributed by atoms with Gasteiger partial charge in [-0.1, -0.05) is 0 Å². The molecular weight excluding hydrogens is 426 g/mol. The summed E-state index contributed by atoms with van der Waals surface area (Å²) in [5.74, 6) is -0.177. The average Bonchev–Trinajstić information content (AvgIpc) is 3.41. The van der Waals surface area contributed by atoms with Gasteiger partial charge in [-0.05, 0) is 44.5 Å². The van der Waals surface area contributed by atoms with Gasteiger partial charge in [0.25, 0.3) is 0 Å². The van der Waals surface area contributed by atoms with E-state index in [1.807, 2.05) is 49.1 Å². The van der Waals surface area contributed by atoms with E-state index in [2.05, 4.69) is 20.5 Å². The van der Waals surface area contributed by atoms with E-state index in [0.717, 1.165) is 47.4 Å². The molecule has 1 aliphatic rings. The van der Waals surface area contributed by atoms with Crippen LogP contribution < -0.4 is 10.1 Å². The highest BCUT2D eigenvalue weighted by Gasteiger charge is 2.23. The van der Waals surface area contributed by atoms with Gasteiger partial charge in [-0.2, -0.15) is 5.10 Å². The Hall–Kier alpha value is -3.50. The first-order valence-electron chi connectivity index (χ1n) is 10.7. The Labute approximate surface area is 191 Å². The number of carbonyl (C=O) groups is 2. The van der Waals surface area contributed by atoms with Gasteiger partial charge in [-0.3, -0.25) is 19.6 Å². The molecule has 3 heterocycles. The number of amides is 1. The number of ether oxygens (including phenoxy) is 2. The minimum absolute atomic E-state index is 0.0848. The molecule has 10 heteroatoms. The third kappa shape index (κ3) is 6.74. The molecule has 4 rings (SSSR count). The van der Waals surface area contributed by atoms with E-state index in [0.29, 0.717) is 12.3 Å². The largest absolute Gasteiger partial charge is 0.480 e. The van der Waals surface area contributed by atoms with E-state index < -0.39 is 5.97 Å². The summed E-state index contributed by atoms with van der Waals surface area (Å²) in [7, 11) is 1.66. The van der Waals surface area contributed by atoms with Crippen LogP contribution in [0.3, 0.4) is 0 Å². The summed E-state index contributed by atoms with van der Waals surface area (Å²) in [5.41, 5.74) is 3.28. The van der Waals surface area contributed by atoms with Crippen molar-refractivity contribution in [1.29, 1.82) is 0 Å². The summed E-state index contributed by atoms with van der Waals surface area (Å²) in [6.45, 7) is 5.64. The third-order valence-electron chi connectivity index (χ3n) is 5.08. The third-order valence-corrected chi connectivity index (χ3v) is 5.08. The minimum Gasteiger partial charge on any atom is -0.480 e. The highest BCUT2D eigenvalue weighted by Crippen LogP contribution is 2.28. The number of nitrogens with zero attached hydrogens (tertiary/aromatic N) is 3. The summed E-state index contributed by atoms with van der Waals surface area (Å²) >= 11 is 0. The predicted octanol–water partition coefficient (Wildman–Crippen LogP) is 2.77. The van der Waals surface area contributed by atoms with Crippen molar-refractivity contribution in [3.8, 4) is 17.1 Å². The van der Waals surface area contributed by atoms with Crippen molar-refractivity contribution in [3.63, 3.8) is 0 Å². The van der Waals surface area contributed by atoms with Crippen LogP contribution >= 0.6 is 0 Å². The summed E-state index contributed by atoms with van der Waals surface area (Å²) in [6.07, 6.45) is 3.65. The molecule has 1 amide bonds. The first kappa shape index (κ1) is 24.1. The van der Waals surface area contributed by atoms with Gasteiger partial charge >= 0.3 is 5.97 Å². The number of aliphatic carboxylic acids is 1. The lowest BCUT2D eigenvalue weighted by atomic mass is 10.1. The lowest BCUT2D eigenvalue weighted by Gasteiger charge is -2.11. The van der Waals surface area contributed by atoms with E-state index in [-0.39, 0.29) is 18.8 Å². The summed E-state index contributed by atoms with van der Waals surface area (Å²) < 4.78 is 10.6. The second kappa shape index (κ2) is 11.4. The number of H-pyrrole nitrogens is 1. The van der Waals surface area contributed by atoms with Crippen molar-refractivity contribution < 1.29 is 24.2 Å². The van der Waals surface area contributed by atoms with Gasteiger partial charge in [0.2, 0.25) is 12.3 Å². The number of rotatable bonds is 8. The molecule has 1 saturated heterocycles. The maximum Gasteiger partial charge on any atom is 0.317 e. The normalized spacial score (nSPS) is 15.8. The first-order valence-corrected chi connectivity index (χ1v) is 10.7. The lowest BCUT2D eigenvalue weighted by molar-refractivity contribution is -0.138. The number of anilines is 1. The Balaban J connectivity index is 0.000000235. The number of carbonyl (C=O) groups excluding carboxylic acids is 1. The molecule has 1 unspecified atom stereocenters. The Morgan fingerprint density at radius 2 is 2.18 bits per heavy atom. The van der Waals surface area contributed by atoms with Crippen molar-refractivity contribution in [2.45, 2.75) is 32.5 Å². The van der Waals surface area contributed by atoms with Crippen molar-refractivity contribution in [2.24, 2.45) is 0 Å². The molecule has 0 bridgehead atoms. The van der Waals surface area contributed by atoms with Crippen molar-refractivity contribution in [2.75, 3.05) is 32.1 Å². The zero-order valence-electron chi connectivity index (χ0n) is 18.9. The second-order valence-corrected chi connectivity index (χ2v) is 7.92. The number of nitrogens with one attached hydrogen (secondary N) is 2. The quantitative estimate of drug-likeness (QED) is 0.442. The van der Waals surface area contributed by atoms with Crippen molar-refractivity contribution in [3.05, 3.63) is 36.5 Å². The first-order chi connectivity index (χ1) is 15.9. The number of pyridine rings is 1. The van der Waals surface area contributed by atoms with Crippen LogP contribution in [0.1, 0.15) is 20.3 Å². The maximum atomic E-state index is 10.6. The summed E-state index contributed by atoms with van der Waals surface area (Å²) in [5, 5.41) is 19.3. The highest BCUT2D eigenvalue weighted by molar-refractivity contribution is 5.95. The number of aromatic nitrogens is 3. The monoisotopic (exact) mass is 455 g/mol. The molecule has 1 atom stereocenters. The van der Waals surface area contributed by atoms with Crippen LogP contribution in [-0.2, 0) is 14.3 Å². The summed E-state index contributed by atoms with van der Waals surface area (Å²) in [4.78, 5) is 27.0. The SMILES string of the molecule is CC(C)Oc1ccc(-c2n[nH]c3ccc(NC=O)cc23)cn1.COC1CCN(CC(=O)O)C1. The fraction of sp³-hybridized carbons (Fsp3) is 0.391. The fourth-order valence-corrected chi connectivity index (χ4v) is 3.55. The average molecular weight is 456 g/mol. The molecule has 0 radical (unpaired) electrons. The number of fused-ring (bicyclic) bond motifs is 1. The number of benzene rings is 1. The number of methoxy groups -OCH3 is 1. The molecule has 176 valence electrons. The Morgan fingerprint density at radius 3 is 2.79 bits per heavy atom. The molecule has 2 aromatic heterocycles. The van der Waals surface area contributed by atoms with Crippen LogP contribution in [0, 0.1) is 0 Å². The molecule has 0 saturated carbocycles. The number of hydrogen-bond acceptors (Lipinski definition) is 7. The predicted molar refractivity (Wildman–Crippen MR) is 124 cm³/mol. The van der Waals surface area contributed by atoms with Crippen LogP contribution in [-0.4, -0.2) is 76.5 Å². The zero-order valence-corrected chi connectivity index (χ0v) is 18.9. The van der Waals surface area contributed by atoms with Crippen molar-refractivity contribution >= 4 is 29.0 Å². The number of hydrogen-bond donors (Lipinski definition) is 3. The molecule has 10 nitrogen and oxygen atoms in total. The van der Waals surface area contributed by atoms with Crippen LogP contribution in [0.15, 0.2) is 36.5 Å². The van der Waals surface area contributed by atoms with Gasteiger partial charge in [0.1, 0.15) is 5.69 Å². The van der Waals surface area contributed by atoms with Gasteiger partial charge in [-0.15, -0.1) is 0 Å². The van der Waals surface area contributed by atoms with Gasteiger partial charge < -0.3 is 19.9 Å². The standard InChI is InChI=1S/C16H16N4O2.C7H13NO3/c1-10(2)22-15-6-3-11(8-17-15)16-13-7-12(18-9-21)4-5-14(13)19-20-16;1-11-6-2-3-8(4-6)5-7(9)10/h3-10H,1-2H3,(H,18,21)(H,19,20);6H,2-5H2,1H3,(H,9,10). The topological polar surface area (TPSA) is 130 Å². The number of carboxylic acid groups (broad SMARTS) is 1. The molecule has 1 aromatic carbocycles. The van der Waals surface area contributed by atoms with Gasteiger partial charge in [-0.25, -0.2) is 4.98 Å². The molecular formula is C23H29N5O5. The molecule has 0 aliphatic carbocycles. The van der Waals surface area contributed by atoms with Crippen LogP contribution in [0.5, 0.6) is 5.88 Å². The lowest BCUT2D eigenvalue weighted by Crippen LogP contribution is -2.28. The number of likely N-dealkylation sites (tertiary alicyclic amines) is 1. The van der Waals surface area contributed by atoms with Crippen LogP contribution in [0.25, 0.3) is 22.2 Å². The van der Waals surface area contributed by atoms with E-state index >= 15 is 0 Å². The van der Waals surface area contributed by atoms with E-state index in [1.165, 1.54) is 0 Å². The van der Waals surface area contributed by atoms with E-state index in [1.54, 1.807) is 13.3 Å².